The van der Waals surface area contributed by atoms with E-state index in [-0.39, 0.29) is 22.2 Å². The van der Waals surface area contributed by atoms with Crippen LogP contribution < -0.4 is 10.6 Å². The largest absolute Gasteiger partial charge is 0.416 e. The van der Waals surface area contributed by atoms with E-state index in [1.54, 1.807) is 35.7 Å². The quantitative estimate of drug-likeness (QED) is 0.259. The lowest BCUT2D eigenvalue weighted by atomic mass is 10.1. The zero-order valence-corrected chi connectivity index (χ0v) is 21.5. The fraction of sp³-hybridized carbons (Fsp3) is 0.120. The summed E-state index contributed by atoms with van der Waals surface area (Å²) in [5.41, 5.74) is 1.59. The molecule has 2 N–H and O–H groups in total. The third kappa shape index (κ3) is 6.68. The van der Waals surface area contributed by atoms with Crippen LogP contribution in [-0.2, 0) is 22.6 Å². The van der Waals surface area contributed by atoms with Crippen molar-refractivity contribution < 1.29 is 26.4 Å². The molecule has 37 heavy (non-hydrogen) atoms. The van der Waals surface area contributed by atoms with E-state index in [2.05, 4.69) is 15.6 Å². The van der Waals surface area contributed by atoms with Crippen molar-refractivity contribution in [2.45, 2.75) is 17.6 Å². The van der Waals surface area contributed by atoms with Gasteiger partial charge in [0, 0.05) is 29.3 Å². The van der Waals surface area contributed by atoms with Crippen LogP contribution in [0.5, 0.6) is 0 Å². The third-order valence-electron chi connectivity index (χ3n) is 5.24. The number of sulfone groups is 1. The SMILES string of the molecule is CS(=O)(=O)c1ccc(NC(=O)c2cccc(-c3csc(NCc4cccc(C(F)(F)F)c4)n3)c2)c(Cl)c1. The van der Waals surface area contributed by atoms with E-state index in [0.29, 0.717) is 27.5 Å². The van der Waals surface area contributed by atoms with Gasteiger partial charge >= 0.3 is 6.18 Å². The highest BCUT2D eigenvalue weighted by Gasteiger charge is 2.30. The van der Waals surface area contributed by atoms with Gasteiger partial charge in [0.1, 0.15) is 0 Å². The highest BCUT2D eigenvalue weighted by molar-refractivity contribution is 7.90. The normalized spacial score (nSPS) is 11.8. The lowest BCUT2D eigenvalue weighted by molar-refractivity contribution is -0.137. The maximum Gasteiger partial charge on any atom is 0.416 e. The number of halogens is 4. The zero-order chi connectivity index (χ0) is 26.8. The molecule has 3 aromatic carbocycles. The molecule has 0 aliphatic carbocycles. The average Bonchev–Trinajstić information content (AvgIpc) is 3.32. The topological polar surface area (TPSA) is 88.2 Å². The molecule has 1 heterocycles. The summed E-state index contributed by atoms with van der Waals surface area (Å²) >= 11 is 7.44. The number of thiazole rings is 1. The number of carbonyl (C=O) groups is 1. The van der Waals surface area contributed by atoms with Crippen molar-refractivity contribution in [3.8, 4) is 11.3 Å². The second-order valence-corrected chi connectivity index (χ2v) is 11.3. The lowest BCUT2D eigenvalue weighted by Crippen LogP contribution is -2.12. The number of hydrogen-bond acceptors (Lipinski definition) is 6. The number of rotatable bonds is 7. The van der Waals surface area contributed by atoms with Gasteiger partial charge in [0.15, 0.2) is 15.0 Å². The molecule has 12 heteroatoms. The van der Waals surface area contributed by atoms with Crippen LogP contribution in [0, 0.1) is 0 Å². The molecule has 6 nitrogen and oxygen atoms in total. The zero-order valence-electron chi connectivity index (χ0n) is 19.1. The van der Waals surface area contributed by atoms with Gasteiger partial charge in [-0.25, -0.2) is 13.4 Å². The van der Waals surface area contributed by atoms with Gasteiger partial charge in [0.05, 0.1) is 26.9 Å². The number of anilines is 2. The minimum absolute atomic E-state index is 0.0403. The van der Waals surface area contributed by atoms with Gasteiger partial charge in [-0.15, -0.1) is 11.3 Å². The standard InChI is InChI=1S/C25H19ClF3N3O3S2/c1-37(34,35)19-8-9-21(20(26)12-19)31-23(33)17-6-3-5-16(11-17)22-14-36-24(32-22)30-13-15-4-2-7-18(10-15)25(27,28)29/h2-12,14H,13H2,1H3,(H,30,32)(H,31,33). The molecular weight excluding hydrogens is 547 g/mol. The minimum Gasteiger partial charge on any atom is -0.357 e. The fourth-order valence-electron chi connectivity index (χ4n) is 3.36. The van der Waals surface area contributed by atoms with Crippen LogP contribution in [0.1, 0.15) is 21.5 Å². The molecule has 1 aromatic heterocycles. The van der Waals surface area contributed by atoms with Crippen LogP contribution in [0.15, 0.2) is 77.0 Å². The Morgan fingerprint density at radius 2 is 1.81 bits per heavy atom. The van der Waals surface area contributed by atoms with Crippen molar-refractivity contribution in [3.63, 3.8) is 0 Å². The Kier molecular flexibility index (Phi) is 7.58. The van der Waals surface area contributed by atoms with Gasteiger partial charge < -0.3 is 10.6 Å². The van der Waals surface area contributed by atoms with E-state index in [1.807, 2.05) is 0 Å². The van der Waals surface area contributed by atoms with E-state index in [4.69, 9.17) is 11.6 Å². The molecule has 0 fully saturated rings. The minimum atomic E-state index is -4.41. The Bertz CT molecular complexity index is 1570. The Balaban J connectivity index is 1.45. The van der Waals surface area contributed by atoms with Crippen LogP contribution in [0.4, 0.5) is 24.0 Å². The Hall–Kier alpha value is -3.41. The summed E-state index contributed by atoms with van der Waals surface area (Å²) in [6.45, 7) is 0.165. The van der Waals surface area contributed by atoms with Crippen molar-refractivity contribution in [2.24, 2.45) is 0 Å². The summed E-state index contributed by atoms with van der Waals surface area (Å²) in [5, 5.41) is 8.06. The summed E-state index contributed by atoms with van der Waals surface area (Å²) in [6.07, 6.45) is -3.35. The monoisotopic (exact) mass is 565 g/mol. The third-order valence-corrected chi connectivity index (χ3v) is 7.46. The number of alkyl halides is 3. The summed E-state index contributed by atoms with van der Waals surface area (Å²) in [4.78, 5) is 17.3. The van der Waals surface area contributed by atoms with Crippen LogP contribution in [0.25, 0.3) is 11.3 Å². The molecule has 0 bridgehead atoms. The highest BCUT2D eigenvalue weighted by Crippen LogP contribution is 2.31. The Morgan fingerprint density at radius 3 is 2.51 bits per heavy atom. The summed E-state index contributed by atoms with van der Waals surface area (Å²) in [6, 6.07) is 15.8. The molecule has 0 spiro atoms. The smallest absolute Gasteiger partial charge is 0.357 e. The predicted octanol–water partition coefficient (Wildman–Crippen LogP) is 6.75. The number of nitrogens with one attached hydrogen (secondary N) is 2. The Morgan fingerprint density at radius 1 is 1.05 bits per heavy atom. The van der Waals surface area contributed by atoms with Crippen LogP contribution in [0.2, 0.25) is 5.02 Å². The van der Waals surface area contributed by atoms with Gasteiger partial charge in [-0.1, -0.05) is 35.9 Å². The number of nitrogens with zero attached hydrogens (tertiary/aromatic N) is 1. The van der Waals surface area contributed by atoms with Crippen molar-refractivity contribution in [2.75, 3.05) is 16.9 Å². The van der Waals surface area contributed by atoms with Gasteiger partial charge in [0.2, 0.25) is 0 Å². The predicted molar refractivity (Wildman–Crippen MR) is 139 cm³/mol. The second kappa shape index (κ2) is 10.5. The number of carbonyl (C=O) groups excluding carboxylic acids is 1. The van der Waals surface area contributed by atoms with Gasteiger partial charge in [0.25, 0.3) is 5.91 Å². The first-order valence-corrected chi connectivity index (χ1v) is 13.8. The molecule has 192 valence electrons. The maximum atomic E-state index is 12.9. The first-order valence-electron chi connectivity index (χ1n) is 10.7. The van der Waals surface area contributed by atoms with E-state index in [1.165, 1.54) is 35.6 Å². The van der Waals surface area contributed by atoms with Crippen LogP contribution in [0.3, 0.4) is 0 Å². The van der Waals surface area contributed by atoms with Gasteiger partial charge in [-0.2, -0.15) is 13.2 Å². The Labute approximate surface area is 220 Å². The number of hydrogen-bond donors (Lipinski definition) is 2. The fourth-order valence-corrected chi connectivity index (χ4v) is 5.02. The highest BCUT2D eigenvalue weighted by atomic mass is 35.5. The number of amides is 1. The lowest BCUT2D eigenvalue weighted by Gasteiger charge is -2.09. The van der Waals surface area contributed by atoms with Crippen molar-refractivity contribution >= 4 is 49.5 Å². The molecule has 0 saturated heterocycles. The molecule has 4 aromatic rings. The molecule has 4 rings (SSSR count). The van der Waals surface area contributed by atoms with E-state index in [0.717, 1.165) is 18.4 Å². The molecule has 0 saturated carbocycles. The van der Waals surface area contributed by atoms with Crippen molar-refractivity contribution in [3.05, 3.63) is 93.8 Å². The maximum absolute atomic E-state index is 12.9. The number of benzene rings is 3. The summed E-state index contributed by atoms with van der Waals surface area (Å²) in [7, 11) is -3.44. The molecule has 1 amide bonds. The summed E-state index contributed by atoms with van der Waals surface area (Å²) in [5.74, 6) is -0.450. The van der Waals surface area contributed by atoms with Gasteiger partial charge in [-0.3, -0.25) is 4.79 Å². The van der Waals surface area contributed by atoms with Crippen LogP contribution >= 0.6 is 22.9 Å². The molecule has 0 aliphatic rings. The molecule has 0 atom stereocenters. The second-order valence-electron chi connectivity index (χ2n) is 8.04. The van der Waals surface area contributed by atoms with Crippen molar-refractivity contribution in [1.82, 2.24) is 4.98 Å². The average molecular weight is 566 g/mol. The first-order chi connectivity index (χ1) is 17.4. The van der Waals surface area contributed by atoms with Gasteiger partial charge in [-0.05, 0) is 48.0 Å². The molecular formula is C25H19ClF3N3O3S2. The van der Waals surface area contributed by atoms with E-state index in [9.17, 15) is 26.4 Å². The van der Waals surface area contributed by atoms with E-state index < -0.39 is 27.5 Å². The molecule has 0 radical (unpaired) electrons. The van der Waals surface area contributed by atoms with Crippen LogP contribution in [-0.4, -0.2) is 25.6 Å². The first kappa shape index (κ1) is 26.6. The summed E-state index contributed by atoms with van der Waals surface area (Å²) < 4.78 is 62.1. The molecule has 0 unspecified atom stereocenters. The number of aromatic nitrogens is 1. The van der Waals surface area contributed by atoms with Crippen molar-refractivity contribution in [1.29, 1.82) is 0 Å². The molecule has 0 aliphatic heterocycles. The van der Waals surface area contributed by atoms with E-state index >= 15 is 0 Å².